The van der Waals surface area contributed by atoms with Crippen LogP contribution < -0.4 is 10.8 Å². The van der Waals surface area contributed by atoms with E-state index >= 15 is 0 Å². The molecule has 8 nitrogen and oxygen atoms in total. The standard InChI is InChI=1S/C22H23N4O4P/c27-31(28,29)21-13-12-19(30-21)16-7-4-6-15(14-16)18-10-5-11-20-24-22(25-26(18)20)23-17-8-2-1-3-9-17/h4-7,10-14,17H,1-3,8-9H2,(H,23,25)(H2,27,28,29). The van der Waals surface area contributed by atoms with Crippen LogP contribution in [0.2, 0.25) is 0 Å². The Morgan fingerprint density at radius 1 is 1.00 bits per heavy atom. The SMILES string of the molecule is O=P(O)(O)c1ccc(-c2cccc(-c3cccc4nc(NC5CCCCC5)nn34)c2)o1. The van der Waals surface area contributed by atoms with Gasteiger partial charge >= 0.3 is 7.60 Å². The second-order valence-corrected chi connectivity index (χ2v) is 9.39. The van der Waals surface area contributed by atoms with E-state index in [9.17, 15) is 14.4 Å². The van der Waals surface area contributed by atoms with E-state index < -0.39 is 7.60 Å². The molecule has 0 radical (unpaired) electrons. The number of benzene rings is 1. The van der Waals surface area contributed by atoms with Gasteiger partial charge in [0, 0.05) is 17.2 Å². The third-order valence-corrected chi connectivity index (χ3v) is 6.43. The van der Waals surface area contributed by atoms with Gasteiger partial charge in [0.2, 0.25) is 11.4 Å². The quantitative estimate of drug-likeness (QED) is 0.400. The van der Waals surface area contributed by atoms with E-state index in [1.165, 1.54) is 25.3 Å². The van der Waals surface area contributed by atoms with Crippen LogP contribution in [0.4, 0.5) is 5.95 Å². The van der Waals surface area contributed by atoms with Crippen LogP contribution in [-0.4, -0.2) is 30.4 Å². The molecule has 1 aromatic carbocycles. The molecule has 3 heterocycles. The van der Waals surface area contributed by atoms with Crippen molar-refractivity contribution in [2.45, 2.75) is 38.1 Å². The Morgan fingerprint density at radius 3 is 2.55 bits per heavy atom. The van der Waals surface area contributed by atoms with Crippen molar-refractivity contribution in [2.75, 3.05) is 5.32 Å². The molecule has 1 aliphatic rings. The summed E-state index contributed by atoms with van der Waals surface area (Å²) in [6.45, 7) is 0. The topological polar surface area (TPSA) is 113 Å². The fraction of sp³-hybridized carbons (Fsp3) is 0.273. The third kappa shape index (κ3) is 4.14. The predicted molar refractivity (Wildman–Crippen MR) is 118 cm³/mol. The first-order chi connectivity index (χ1) is 15.0. The van der Waals surface area contributed by atoms with Crippen molar-refractivity contribution >= 4 is 24.7 Å². The van der Waals surface area contributed by atoms with Gasteiger partial charge < -0.3 is 19.5 Å². The summed E-state index contributed by atoms with van der Waals surface area (Å²) < 4.78 is 18.6. The van der Waals surface area contributed by atoms with E-state index in [1.54, 1.807) is 6.07 Å². The Kier molecular flexibility index (Phi) is 5.14. The zero-order valence-corrected chi connectivity index (χ0v) is 17.7. The molecular formula is C22H23N4O4P. The van der Waals surface area contributed by atoms with Crippen molar-refractivity contribution in [3.05, 3.63) is 54.6 Å². The molecule has 160 valence electrons. The highest BCUT2D eigenvalue weighted by atomic mass is 31.2. The smallest absolute Gasteiger partial charge is 0.391 e. The normalized spacial score (nSPS) is 15.4. The summed E-state index contributed by atoms with van der Waals surface area (Å²) in [5, 5.41) is 8.16. The van der Waals surface area contributed by atoms with Crippen LogP contribution in [0, 0.1) is 0 Å². The maximum atomic E-state index is 11.4. The van der Waals surface area contributed by atoms with Crippen molar-refractivity contribution < 1.29 is 18.8 Å². The number of pyridine rings is 1. The number of nitrogens with one attached hydrogen (secondary N) is 1. The second-order valence-electron chi connectivity index (χ2n) is 7.86. The van der Waals surface area contributed by atoms with Crippen LogP contribution in [0.5, 0.6) is 0 Å². The Balaban J connectivity index is 1.48. The Hall–Kier alpha value is -2.93. The minimum atomic E-state index is -4.43. The maximum absolute atomic E-state index is 11.4. The van der Waals surface area contributed by atoms with Gasteiger partial charge in [0.05, 0.1) is 5.69 Å². The van der Waals surface area contributed by atoms with Gasteiger partial charge in [-0.25, -0.2) is 4.52 Å². The van der Waals surface area contributed by atoms with E-state index in [0.29, 0.717) is 17.8 Å². The molecule has 0 aliphatic heterocycles. The van der Waals surface area contributed by atoms with Gasteiger partial charge in [0.1, 0.15) is 5.76 Å². The molecule has 5 rings (SSSR count). The second kappa shape index (κ2) is 7.96. The monoisotopic (exact) mass is 438 g/mol. The minimum Gasteiger partial charge on any atom is -0.448 e. The molecule has 0 saturated heterocycles. The van der Waals surface area contributed by atoms with E-state index in [1.807, 2.05) is 47.0 Å². The molecular weight excluding hydrogens is 415 g/mol. The molecule has 0 bridgehead atoms. The summed E-state index contributed by atoms with van der Waals surface area (Å²) >= 11 is 0. The highest BCUT2D eigenvalue weighted by Gasteiger charge is 2.22. The van der Waals surface area contributed by atoms with Crippen LogP contribution in [-0.2, 0) is 4.57 Å². The molecule has 9 heteroatoms. The maximum Gasteiger partial charge on any atom is 0.391 e. The Bertz CT molecular complexity index is 1270. The van der Waals surface area contributed by atoms with Gasteiger partial charge in [-0.3, -0.25) is 4.57 Å². The van der Waals surface area contributed by atoms with Crippen LogP contribution >= 0.6 is 7.60 Å². The Labute approximate surface area is 179 Å². The molecule has 3 aromatic heterocycles. The molecule has 0 atom stereocenters. The molecule has 3 N–H and O–H groups in total. The van der Waals surface area contributed by atoms with E-state index in [4.69, 9.17) is 4.42 Å². The van der Waals surface area contributed by atoms with Gasteiger partial charge in [-0.05, 0) is 43.2 Å². The minimum absolute atomic E-state index is 0.343. The zero-order chi connectivity index (χ0) is 21.4. The molecule has 0 unspecified atom stereocenters. The highest BCUT2D eigenvalue weighted by molar-refractivity contribution is 7.59. The fourth-order valence-corrected chi connectivity index (χ4v) is 4.57. The average molecular weight is 438 g/mol. The number of fused-ring (bicyclic) bond motifs is 1. The van der Waals surface area contributed by atoms with Crippen molar-refractivity contribution in [2.24, 2.45) is 0 Å². The number of furan rings is 1. The summed E-state index contributed by atoms with van der Waals surface area (Å²) in [5.74, 6) is 1.03. The Morgan fingerprint density at radius 2 is 1.77 bits per heavy atom. The lowest BCUT2D eigenvalue weighted by Gasteiger charge is -2.21. The summed E-state index contributed by atoms with van der Waals surface area (Å²) in [6, 6.07) is 16.7. The number of aromatic nitrogens is 3. The fourth-order valence-electron chi connectivity index (χ4n) is 4.09. The van der Waals surface area contributed by atoms with Crippen LogP contribution in [0.3, 0.4) is 0 Å². The number of anilines is 1. The van der Waals surface area contributed by atoms with Crippen molar-refractivity contribution in [3.63, 3.8) is 0 Å². The van der Waals surface area contributed by atoms with Gasteiger partial charge in [-0.1, -0.05) is 43.5 Å². The lowest BCUT2D eigenvalue weighted by Crippen LogP contribution is -2.22. The van der Waals surface area contributed by atoms with Gasteiger partial charge in [-0.15, -0.1) is 5.10 Å². The average Bonchev–Trinajstić information content (AvgIpc) is 3.41. The van der Waals surface area contributed by atoms with E-state index in [2.05, 4.69) is 15.4 Å². The third-order valence-electron chi connectivity index (χ3n) is 5.62. The summed E-state index contributed by atoms with van der Waals surface area (Å²) in [4.78, 5) is 23.3. The van der Waals surface area contributed by atoms with Gasteiger partial charge in [0.15, 0.2) is 5.65 Å². The van der Waals surface area contributed by atoms with Gasteiger partial charge in [0.25, 0.3) is 0 Å². The summed E-state index contributed by atoms with van der Waals surface area (Å²) in [5.41, 5.74) is 2.89. The van der Waals surface area contributed by atoms with Gasteiger partial charge in [-0.2, -0.15) is 4.98 Å². The number of hydrogen-bond acceptors (Lipinski definition) is 5. The summed E-state index contributed by atoms with van der Waals surface area (Å²) in [7, 11) is -4.43. The lowest BCUT2D eigenvalue weighted by atomic mass is 9.96. The first kappa shape index (κ1) is 20.0. The molecule has 0 amide bonds. The molecule has 1 aliphatic carbocycles. The molecule has 1 saturated carbocycles. The van der Waals surface area contributed by atoms with Crippen molar-refractivity contribution in [1.29, 1.82) is 0 Å². The first-order valence-electron chi connectivity index (χ1n) is 10.4. The summed E-state index contributed by atoms with van der Waals surface area (Å²) in [6.07, 6.45) is 6.05. The van der Waals surface area contributed by atoms with Crippen LogP contribution in [0.1, 0.15) is 32.1 Å². The molecule has 4 aromatic rings. The molecule has 31 heavy (non-hydrogen) atoms. The zero-order valence-electron chi connectivity index (χ0n) is 16.8. The predicted octanol–water partition coefficient (Wildman–Crippen LogP) is 4.20. The largest absolute Gasteiger partial charge is 0.448 e. The van der Waals surface area contributed by atoms with Crippen LogP contribution in [0.25, 0.3) is 28.2 Å². The van der Waals surface area contributed by atoms with E-state index in [-0.39, 0.29) is 5.50 Å². The van der Waals surface area contributed by atoms with Crippen LogP contribution in [0.15, 0.2) is 59.0 Å². The van der Waals surface area contributed by atoms with E-state index in [0.717, 1.165) is 35.3 Å². The first-order valence-corrected chi connectivity index (χ1v) is 12.0. The van der Waals surface area contributed by atoms with Crippen molar-refractivity contribution in [3.8, 4) is 22.6 Å². The lowest BCUT2D eigenvalue weighted by molar-refractivity contribution is 0.377. The number of nitrogens with zero attached hydrogens (tertiary/aromatic N) is 3. The molecule has 0 spiro atoms. The number of rotatable bonds is 5. The highest BCUT2D eigenvalue weighted by Crippen LogP contribution is 2.36. The van der Waals surface area contributed by atoms with Crippen molar-refractivity contribution in [1.82, 2.24) is 14.6 Å². The number of hydrogen-bond donors (Lipinski definition) is 3. The molecule has 1 fully saturated rings.